The van der Waals surface area contributed by atoms with Crippen molar-refractivity contribution in [2.75, 3.05) is 10.0 Å². The molecule has 2 N–H and O–H groups in total. The van der Waals surface area contributed by atoms with Gasteiger partial charge < -0.3 is 5.32 Å². The molecule has 3 rings (SSSR count). The minimum atomic E-state index is -3.96. The van der Waals surface area contributed by atoms with Gasteiger partial charge in [-0.3, -0.25) is 9.52 Å². The van der Waals surface area contributed by atoms with E-state index < -0.39 is 15.9 Å². The zero-order valence-corrected chi connectivity index (χ0v) is 17.0. The lowest BCUT2D eigenvalue weighted by molar-refractivity contribution is 0.102. The standard InChI is InChI=1S/C20H13Cl2N3O3S/c21-14-4-7-17(8-5-14)29(27,28)25-19-9-6-15(22)11-18(19)20(26)24-16-3-1-2-13(10-16)12-23/h1-11,25H,(H,24,26). The predicted octanol–water partition coefficient (Wildman–Crippen LogP) is 4.92. The maximum absolute atomic E-state index is 12.7. The third-order valence-electron chi connectivity index (χ3n) is 3.84. The van der Waals surface area contributed by atoms with Gasteiger partial charge in [0.25, 0.3) is 15.9 Å². The maximum Gasteiger partial charge on any atom is 0.261 e. The molecule has 0 aliphatic rings. The quantitative estimate of drug-likeness (QED) is 0.581. The van der Waals surface area contributed by atoms with Crippen LogP contribution in [-0.4, -0.2) is 14.3 Å². The molecule has 0 unspecified atom stereocenters. The van der Waals surface area contributed by atoms with Crippen molar-refractivity contribution < 1.29 is 13.2 Å². The highest BCUT2D eigenvalue weighted by molar-refractivity contribution is 7.92. The third kappa shape index (κ3) is 5.06. The Labute approximate surface area is 177 Å². The number of sulfonamides is 1. The van der Waals surface area contributed by atoms with Crippen LogP contribution in [0.4, 0.5) is 11.4 Å². The summed E-state index contributed by atoms with van der Waals surface area (Å²) in [5.41, 5.74) is 0.841. The van der Waals surface area contributed by atoms with Crippen LogP contribution in [0, 0.1) is 11.3 Å². The Bertz CT molecular complexity index is 1220. The Balaban J connectivity index is 1.92. The minimum Gasteiger partial charge on any atom is -0.322 e. The van der Waals surface area contributed by atoms with E-state index in [-0.39, 0.29) is 21.2 Å². The first-order valence-electron chi connectivity index (χ1n) is 8.18. The molecule has 0 aromatic heterocycles. The molecule has 0 radical (unpaired) electrons. The molecule has 0 spiro atoms. The highest BCUT2D eigenvalue weighted by Gasteiger charge is 2.19. The van der Waals surface area contributed by atoms with Gasteiger partial charge in [0.1, 0.15) is 0 Å². The number of rotatable bonds is 5. The van der Waals surface area contributed by atoms with Gasteiger partial charge in [-0.05, 0) is 60.7 Å². The second kappa shape index (κ2) is 8.53. The third-order valence-corrected chi connectivity index (χ3v) is 5.71. The van der Waals surface area contributed by atoms with Crippen molar-refractivity contribution in [1.82, 2.24) is 0 Å². The SMILES string of the molecule is N#Cc1cccc(NC(=O)c2cc(Cl)ccc2NS(=O)(=O)c2ccc(Cl)cc2)c1. The van der Waals surface area contributed by atoms with Crippen LogP contribution < -0.4 is 10.0 Å². The van der Waals surface area contributed by atoms with Crippen LogP contribution >= 0.6 is 23.2 Å². The monoisotopic (exact) mass is 445 g/mol. The number of amides is 1. The Morgan fingerprint density at radius 2 is 1.62 bits per heavy atom. The highest BCUT2D eigenvalue weighted by atomic mass is 35.5. The number of hydrogen-bond acceptors (Lipinski definition) is 4. The van der Waals surface area contributed by atoms with E-state index in [9.17, 15) is 13.2 Å². The Morgan fingerprint density at radius 1 is 0.931 bits per heavy atom. The Hall–Kier alpha value is -3.05. The van der Waals surface area contributed by atoms with Crippen molar-refractivity contribution in [1.29, 1.82) is 5.26 Å². The number of hydrogen-bond donors (Lipinski definition) is 2. The summed E-state index contributed by atoms with van der Waals surface area (Å²) in [4.78, 5) is 12.7. The average molecular weight is 446 g/mol. The van der Waals surface area contributed by atoms with Crippen LogP contribution in [0.15, 0.2) is 71.6 Å². The molecule has 29 heavy (non-hydrogen) atoms. The first kappa shape index (κ1) is 20.7. The smallest absolute Gasteiger partial charge is 0.261 e. The number of anilines is 2. The van der Waals surface area contributed by atoms with E-state index >= 15 is 0 Å². The molecule has 0 atom stereocenters. The number of carbonyl (C=O) groups excluding carboxylic acids is 1. The fourth-order valence-electron chi connectivity index (χ4n) is 2.48. The van der Waals surface area contributed by atoms with Crippen molar-refractivity contribution >= 4 is 50.5 Å². The molecule has 3 aromatic carbocycles. The van der Waals surface area contributed by atoms with E-state index in [2.05, 4.69) is 10.0 Å². The summed E-state index contributed by atoms with van der Waals surface area (Å²) >= 11 is 11.8. The van der Waals surface area contributed by atoms with Gasteiger partial charge in [-0.15, -0.1) is 0 Å². The van der Waals surface area contributed by atoms with E-state index in [1.54, 1.807) is 18.2 Å². The van der Waals surface area contributed by atoms with Crippen molar-refractivity contribution in [2.45, 2.75) is 4.90 Å². The van der Waals surface area contributed by atoms with Crippen molar-refractivity contribution in [3.63, 3.8) is 0 Å². The minimum absolute atomic E-state index is 0.00932. The number of nitrogens with one attached hydrogen (secondary N) is 2. The molecule has 0 saturated carbocycles. The molecule has 0 bridgehead atoms. The van der Waals surface area contributed by atoms with Crippen LogP contribution in [0.25, 0.3) is 0 Å². The second-order valence-electron chi connectivity index (χ2n) is 5.90. The lowest BCUT2D eigenvalue weighted by Gasteiger charge is -2.13. The van der Waals surface area contributed by atoms with Crippen LogP contribution in [0.5, 0.6) is 0 Å². The Kier molecular flexibility index (Phi) is 6.09. The summed E-state index contributed by atoms with van der Waals surface area (Å²) < 4.78 is 27.7. The van der Waals surface area contributed by atoms with Crippen LogP contribution in [0.1, 0.15) is 15.9 Å². The summed E-state index contributed by atoms with van der Waals surface area (Å²) in [6.45, 7) is 0. The molecule has 6 nitrogen and oxygen atoms in total. The van der Waals surface area contributed by atoms with Crippen molar-refractivity contribution in [3.05, 3.63) is 87.9 Å². The largest absolute Gasteiger partial charge is 0.322 e. The number of nitriles is 1. The van der Waals surface area contributed by atoms with Crippen molar-refractivity contribution in [2.24, 2.45) is 0 Å². The fourth-order valence-corrected chi connectivity index (χ4v) is 3.85. The lowest BCUT2D eigenvalue weighted by atomic mass is 10.1. The molecule has 0 saturated heterocycles. The number of nitrogens with zero attached hydrogens (tertiary/aromatic N) is 1. The van der Waals surface area contributed by atoms with E-state index in [1.807, 2.05) is 6.07 Å². The summed E-state index contributed by atoms with van der Waals surface area (Å²) in [5, 5.41) is 12.3. The van der Waals surface area contributed by atoms with Crippen molar-refractivity contribution in [3.8, 4) is 6.07 Å². The first-order chi connectivity index (χ1) is 13.8. The van der Waals surface area contributed by atoms with Gasteiger partial charge >= 0.3 is 0 Å². The van der Waals surface area contributed by atoms with Crippen LogP contribution in [-0.2, 0) is 10.0 Å². The summed E-state index contributed by atoms with van der Waals surface area (Å²) in [7, 11) is -3.96. The van der Waals surface area contributed by atoms with E-state index in [0.29, 0.717) is 16.3 Å². The van der Waals surface area contributed by atoms with Gasteiger partial charge in [0.2, 0.25) is 0 Å². The van der Waals surface area contributed by atoms with E-state index in [1.165, 1.54) is 48.5 Å². The van der Waals surface area contributed by atoms with Gasteiger partial charge in [-0.25, -0.2) is 8.42 Å². The van der Waals surface area contributed by atoms with Gasteiger partial charge in [0, 0.05) is 15.7 Å². The number of benzene rings is 3. The average Bonchev–Trinajstić information content (AvgIpc) is 2.69. The van der Waals surface area contributed by atoms with Crippen LogP contribution in [0.2, 0.25) is 10.0 Å². The maximum atomic E-state index is 12.7. The molecule has 0 aliphatic heterocycles. The first-order valence-corrected chi connectivity index (χ1v) is 10.4. The molecule has 0 fully saturated rings. The molecule has 146 valence electrons. The zero-order valence-electron chi connectivity index (χ0n) is 14.7. The van der Waals surface area contributed by atoms with Gasteiger partial charge in [0.05, 0.1) is 27.8 Å². The molecule has 9 heteroatoms. The normalized spacial score (nSPS) is 10.8. The van der Waals surface area contributed by atoms with Gasteiger partial charge in [0.15, 0.2) is 0 Å². The van der Waals surface area contributed by atoms with E-state index in [0.717, 1.165) is 0 Å². The number of carbonyl (C=O) groups is 1. The summed E-state index contributed by atoms with van der Waals surface area (Å²) in [5.74, 6) is -0.587. The van der Waals surface area contributed by atoms with Gasteiger partial charge in [-0.2, -0.15) is 5.26 Å². The fraction of sp³-hybridized carbons (Fsp3) is 0. The predicted molar refractivity (Wildman–Crippen MR) is 113 cm³/mol. The second-order valence-corrected chi connectivity index (χ2v) is 8.45. The molecular formula is C20H13Cl2N3O3S. The summed E-state index contributed by atoms with van der Waals surface area (Å²) in [6, 6.07) is 18.1. The molecule has 1 amide bonds. The molecule has 3 aromatic rings. The number of halogens is 2. The molecule has 0 aliphatic carbocycles. The topological polar surface area (TPSA) is 99.1 Å². The van der Waals surface area contributed by atoms with E-state index in [4.69, 9.17) is 28.5 Å². The molecular weight excluding hydrogens is 433 g/mol. The summed E-state index contributed by atoms with van der Waals surface area (Å²) in [6.07, 6.45) is 0. The van der Waals surface area contributed by atoms with Crippen LogP contribution in [0.3, 0.4) is 0 Å². The zero-order chi connectivity index (χ0) is 21.0. The Morgan fingerprint density at radius 3 is 2.31 bits per heavy atom. The molecule has 0 heterocycles. The lowest BCUT2D eigenvalue weighted by Crippen LogP contribution is -2.18. The van der Waals surface area contributed by atoms with Gasteiger partial charge in [-0.1, -0.05) is 29.3 Å². The highest BCUT2D eigenvalue weighted by Crippen LogP contribution is 2.25.